The number of carboxylic acid groups (broad SMARTS) is 1. The van der Waals surface area contributed by atoms with Gasteiger partial charge >= 0.3 is 5.97 Å². The Morgan fingerprint density at radius 2 is 2.33 bits per heavy atom. The molecule has 0 radical (unpaired) electrons. The number of aryl methyl sites for hydroxylation is 2. The first-order chi connectivity index (χ1) is 7.03. The zero-order valence-corrected chi connectivity index (χ0v) is 9.16. The second-order valence-electron chi connectivity index (χ2n) is 4.54. The Hall–Kier alpha value is -1.32. The maximum absolute atomic E-state index is 10.9. The first-order valence-electron chi connectivity index (χ1n) is 5.26. The molecule has 1 aromatic rings. The molecule has 82 valence electrons. The maximum Gasteiger partial charge on any atom is 0.304 e. The predicted octanol–water partition coefficient (Wildman–Crippen LogP) is 1.62. The molecular weight excluding hydrogens is 192 g/mol. The third-order valence-corrected chi connectivity index (χ3v) is 3.31. The molecule has 0 amide bonds. The molecule has 15 heavy (non-hydrogen) atoms. The first-order valence-corrected chi connectivity index (χ1v) is 5.26. The van der Waals surface area contributed by atoms with E-state index in [-0.39, 0.29) is 11.8 Å². The summed E-state index contributed by atoms with van der Waals surface area (Å²) in [4.78, 5) is 10.9. The summed E-state index contributed by atoms with van der Waals surface area (Å²) in [5.41, 5.74) is 1.91. The van der Waals surface area contributed by atoms with E-state index in [9.17, 15) is 4.79 Å². The highest BCUT2D eigenvalue weighted by molar-refractivity contribution is 5.69. The van der Waals surface area contributed by atoms with E-state index in [1.807, 2.05) is 20.2 Å². The average Bonchev–Trinajstić information content (AvgIpc) is 2.38. The second kappa shape index (κ2) is 3.36. The van der Waals surface area contributed by atoms with E-state index >= 15 is 0 Å². The van der Waals surface area contributed by atoms with Gasteiger partial charge in [0.15, 0.2) is 0 Å². The van der Waals surface area contributed by atoms with Gasteiger partial charge in [-0.3, -0.25) is 9.48 Å². The van der Waals surface area contributed by atoms with E-state index in [0.717, 1.165) is 30.5 Å². The molecule has 0 aromatic carbocycles. The van der Waals surface area contributed by atoms with Gasteiger partial charge in [-0.25, -0.2) is 0 Å². The van der Waals surface area contributed by atoms with Crippen LogP contribution < -0.4 is 0 Å². The van der Waals surface area contributed by atoms with Crippen molar-refractivity contribution < 1.29 is 9.90 Å². The van der Waals surface area contributed by atoms with Gasteiger partial charge in [-0.2, -0.15) is 5.10 Å². The topological polar surface area (TPSA) is 55.1 Å². The van der Waals surface area contributed by atoms with Crippen molar-refractivity contribution in [3.05, 3.63) is 17.5 Å². The fourth-order valence-electron chi connectivity index (χ4n) is 2.52. The lowest BCUT2D eigenvalue weighted by Gasteiger charge is -2.39. The Labute approximate surface area is 88.9 Å². The molecule has 1 aromatic heterocycles. The largest absolute Gasteiger partial charge is 0.481 e. The lowest BCUT2D eigenvalue weighted by Crippen LogP contribution is -2.37. The number of rotatable bonds is 3. The molecule has 0 unspecified atom stereocenters. The van der Waals surface area contributed by atoms with E-state index in [0.29, 0.717) is 0 Å². The molecule has 1 aliphatic carbocycles. The molecule has 0 bridgehead atoms. The van der Waals surface area contributed by atoms with Crippen LogP contribution in [-0.2, 0) is 17.3 Å². The maximum atomic E-state index is 10.9. The number of aromatic nitrogens is 2. The molecule has 1 fully saturated rings. The van der Waals surface area contributed by atoms with Crippen LogP contribution in [0.25, 0.3) is 0 Å². The number of nitrogens with zero attached hydrogens (tertiary/aromatic N) is 2. The van der Waals surface area contributed by atoms with Crippen molar-refractivity contribution in [1.82, 2.24) is 9.78 Å². The van der Waals surface area contributed by atoms with Crippen LogP contribution in [0.5, 0.6) is 0 Å². The second-order valence-corrected chi connectivity index (χ2v) is 4.54. The van der Waals surface area contributed by atoms with Gasteiger partial charge in [0.05, 0.1) is 12.1 Å². The van der Waals surface area contributed by atoms with Gasteiger partial charge in [0.25, 0.3) is 0 Å². The van der Waals surface area contributed by atoms with Crippen LogP contribution in [0, 0.1) is 6.92 Å². The van der Waals surface area contributed by atoms with E-state index in [2.05, 4.69) is 5.10 Å². The van der Waals surface area contributed by atoms with Gasteiger partial charge in [-0.15, -0.1) is 0 Å². The summed E-state index contributed by atoms with van der Waals surface area (Å²) in [6.07, 6.45) is 5.19. The number of carboxylic acids is 1. The summed E-state index contributed by atoms with van der Waals surface area (Å²) < 4.78 is 1.77. The average molecular weight is 208 g/mol. The third-order valence-electron chi connectivity index (χ3n) is 3.31. The van der Waals surface area contributed by atoms with E-state index in [4.69, 9.17) is 5.11 Å². The van der Waals surface area contributed by atoms with Gasteiger partial charge in [-0.05, 0) is 25.3 Å². The monoisotopic (exact) mass is 208 g/mol. The van der Waals surface area contributed by atoms with Crippen LogP contribution in [0.1, 0.15) is 36.9 Å². The summed E-state index contributed by atoms with van der Waals surface area (Å²) in [6, 6.07) is 0. The molecule has 1 heterocycles. The molecule has 0 atom stereocenters. The van der Waals surface area contributed by atoms with Crippen molar-refractivity contribution in [1.29, 1.82) is 0 Å². The summed E-state index contributed by atoms with van der Waals surface area (Å²) in [5, 5.41) is 13.3. The molecule has 1 N–H and O–H groups in total. The number of carbonyl (C=O) groups is 1. The molecular formula is C11H16N2O2. The normalized spacial score (nSPS) is 18.5. The fraction of sp³-hybridized carbons (Fsp3) is 0.636. The highest BCUT2D eigenvalue weighted by atomic mass is 16.4. The molecule has 0 aliphatic heterocycles. The summed E-state index contributed by atoms with van der Waals surface area (Å²) >= 11 is 0. The van der Waals surface area contributed by atoms with Gasteiger partial charge < -0.3 is 5.11 Å². The zero-order valence-electron chi connectivity index (χ0n) is 9.16. The first kappa shape index (κ1) is 10.2. The van der Waals surface area contributed by atoms with Crippen molar-refractivity contribution in [2.45, 2.75) is 38.0 Å². The summed E-state index contributed by atoms with van der Waals surface area (Å²) in [5.74, 6) is -0.722. The lowest BCUT2D eigenvalue weighted by atomic mass is 9.64. The summed E-state index contributed by atoms with van der Waals surface area (Å²) in [7, 11) is 1.88. The summed E-state index contributed by atoms with van der Waals surface area (Å²) in [6.45, 7) is 2.00. The third kappa shape index (κ3) is 1.64. The van der Waals surface area contributed by atoms with Crippen LogP contribution in [0.4, 0.5) is 0 Å². The minimum Gasteiger partial charge on any atom is -0.481 e. The van der Waals surface area contributed by atoms with Gasteiger partial charge in [0.2, 0.25) is 0 Å². The SMILES string of the molecule is Cc1cn(C)nc1C1(CC(=O)O)CCC1. The lowest BCUT2D eigenvalue weighted by molar-refractivity contribution is -0.139. The Bertz CT molecular complexity index is 391. The Morgan fingerprint density at radius 3 is 2.67 bits per heavy atom. The van der Waals surface area contributed by atoms with Crippen molar-refractivity contribution in [3.8, 4) is 0 Å². The predicted molar refractivity (Wildman–Crippen MR) is 55.7 cm³/mol. The molecule has 1 saturated carbocycles. The number of aliphatic carboxylic acids is 1. The van der Waals surface area contributed by atoms with Crippen LogP contribution in [0.3, 0.4) is 0 Å². The zero-order chi connectivity index (χ0) is 11.1. The number of hydrogen-bond acceptors (Lipinski definition) is 2. The van der Waals surface area contributed by atoms with Crippen LogP contribution in [-0.4, -0.2) is 20.9 Å². The van der Waals surface area contributed by atoms with Gasteiger partial charge in [-0.1, -0.05) is 6.42 Å². The fourth-order valence-corrected chi connectivity index (χ4v) is 2.52. The van der Waals surface area contributed by atoms with Crippen LogP contribution in [0.15, 0.2) is 6.20 Å². The molecule has 1 aliphatic rings. The highest BCUT2D eigenvalue weighted by Crippen LogP contribution is 2.46. The van der Waals surface area contributed by atoms with E-state index in [1.54, 1.807) is 4.68 Å². The van der Waals surface area contributed by atoms with Crippen molar-refractivity contribution in [2.24, 2.45) is 7.05 Å². The molecule has 2 rings (SSSR count). The Morgan fingerprint density at radius 1 is 1.67 bits per heavy atom. The molecule has 4 nitrogen and oxygen atoms in total. The number of hydrogen-bond donors (Lipinski definition) is 1. The molecule has 0 spiro atoms. The van der Waals surface area contributed by atoms with Crippen molar-refractivity contribution in [2.75, 3.05) is 0 Å². The van der Waals surface area contributed by atoms with Crippen molar-refractivity contribution >= 4 is 5.97 Å². The minimum absolute atomic E-state index is 0.183. The Balaban J connectivity index is 2.33. The highest BCUT2D eigenvalue weighted by Gasteiger charge is 2.43. The van der Waals surface area contributed by atoms with Crippen LogP contribution >= 0.6 is 0 Å². The van der Waals surface area contributed by atoms with E-state index in [1.165, 1.54) is 0 Å². The minimum atomic E-state index is -0.722. The smallest absolute Gasteiger partial charge is 0.304 e. The van der Waals surface area contributed by atoms with Crippen LogP contribution in [0.2, 0.25) is 0 Å². The molecule has 4 heteroatoms. The quantitative estimate of drug-likeness (QED) is 0.821. The van der Waals surface area contributed by atoms with Gasteiger partial charge in [0, 0.05) is 18.7 Å². The van der Waals surface area contributed by atoms with E-state index < -0.39 is 5.97 Å². The van der Waals surface area contributed by atoms with Gasteiger partial charge in [0.1, 0.15) is 0 Å². The molecule has 0 saturated heterocycles. The Kier molecular flexibility index (Phi) is 2.29. The standard InChI is InChI=1S/C11H16N2O2/c1-8-7-13(2)12-10(8)11(4-3-5-11)6-9(14)15/h7H,3-6H2,1-2H3,(H,14,15). The van der Waals surface area contributed by atoms with Crippen molar-refractivity contribution in [3.63, 3.8) is 0 Å².